The molecular formula is C17H15N3O4. The molecule has 7 heteroatoms. The van der Waals surface area contributed by atoms with Crippen LogP contribution in [0.3, 0.4) is 0 Å². The molecule has 0 saturated carbocycles. The lowest BCUT2D eigenvalue weighted by Gasteiger charge is -2.18. The highest BCUT2D eigenvalue weighted by molar-refractivity contribution is 5.92. The molecule has 0 radical (unpaired) electrons. The minimum absolute atomic E-state index is 0.153. The Morgan fingerprint density at radius 3 is 2.50 bits per heavy atom. The predicted octanol–water partition coefficient (Wildman–Crippen LogP) is 0.830. The fraction of sp³-hybridized carbons (Fsp3) is 0.118. The van der Waals surface area contributed by atoms with Gasteiger partial charge >= 0.3 is 0 Å². The summed E-state index contributed by atoms with van der Waals surface area (Å²) in [6.07, 6.45) is 4.34. The Hall–Kier alpha value is -3.35. The SMILES string of the molecule is CN(C(=O)Cn1ccn2ccc(=O)c(O)c2c1=O)c1ccccc1. The maximum Gasteiger partial charge on any atom is 0.279 e. The molecule has 2 aromatic heterocycles. The van der Waals surface area contributed by atoms with Gasteiger partial charge in [-0.1, -0.05) is 18.2 Å². The second-order valence-electron chi connectivity index (χ2n) is 5.30. The number of benzene rings is 1. The molecule has 7 nitrogen and oxygen atoms in total. The molecular weight excluding hydrogens is 310 g/mol. The van der Waals surface area contributed by atoms with E-state index >= 15 is 0 Å². The lowest BCUT2D eigenvalue weighted by atomic mass is 10.3. The Morgan fingerprint density at radius 2 is 1.79 bits per heavy atom. The van der Waals surface area contributed by atoms with Gasteiger partial charge in [0, 0.05) is 37.4 Å². The van der Waals surface area contributed by atoms with Gasteiger partial charge in [-0.3, -0.25) is 14.4 Å². The van der Waals surface area contributed by atoms with Crippen LogP contribution in [0.5, 0.6) is 5.75 Å². The smallest absolute Gasteiger partial charge is 0.279 e. The second-order valence-corrected chi connectivity index (χ2v) is 5.30. The molecule has 0 saturated heterocycles. The van der Waals surface area contributed by atoms with Gasteiger partial charge in [-0.15, -0.1) is 0 Å². The van der Waals surface area contributed by atoms with E-state index in [1.54, 1.807) is 19.2 Å². The quantitative estimate of drug-likeness (QED) is 0.773. The minimum Gasteiger partial charge on any atom is -0.503 e. The van der Waals surface area contributed by atoms with Gasteiger partial charge in [0.1, 0.15) is 6.54 Å². The van der Waals surface area contributed by atoms with E-state index in [2.05, 4.69) is 0 Å². The number of nitrogens with zero attached hydrogens (tertiary/aromatic N) is 3. The summed E-state index contributed by atoms with van der Waals surface area (Å²) >= 11 is 0. The molecule has 0 bridgehead atoms. The lowest BCUT2D eigenvalue weighted by molar-refractivity contribution is -0.118. The van der Waals surface area contributed by atoms with Crippen molar-refractivity contribution in [2.24, 2.45) is 0 Å². The van der Waals surface area contributed by atoms with Crippen LogP contribution in [-0.2, 0) is 11.3 Å². The van der Waals surface area contributed by atoms with Gasteiger partial charge in [0.15, 0.2) is 11.3 Å². The third kappa shape index (κ3) is 2.67. The monoisotopic (exact) mass is 325 g/mol. The Bertz CT molecular complexity index is 1020. The van der Waals surface area contributed by atoms with Crippen molar-refractivity contribution in [2.45, 2.75) is 6.54 Å². The van der Waals surface area contributed by atoms with E-state index in [0.717, 1.165) is 4.57 Å². The zero-order valence-corrected chi connectivity index (χ0v) is 12.9. The summed E-state index contributed by atoms with van der Waals surface area (Å²) in [4.78, 5) is 37.8. The van der Waals surface area contributed by atoms with Crippen molar-refractivity contribution in [1.29, 1.82) is 0 Å². The summed E-state index contributed by atoms with van der Waals surface area (Å²) in [5.74, 6) is -0.925. The van der Waals surface area contributed by atoms with Gasteiger partial charge in [0.05, 0.1) is 0 Å². The molecule has 0 atom stereocenters. The van der Waals surface area contributed by atoms with Crippen molar-refractivity contribution in [3.05, 3.63) is 75.6 Å². The number of hydrogen-bond donors (Lipinski definition) is 1. The molecule has 0 fully saturated rings. The fourth-order valence-electron chi connectivity index (χ4n) is 2.40. The van der Waals surface area contributed by atoms with Crippen LogP contribution in [0.25, 0.3) is 5.52 Å². The normalized spacial score (nSPS) is 10.7. The van der Waals surface area contributed by atoms with Gasteiger partial charge in [-0.25, -0.2) is 0 Å². The van der Waals surface area contributed by atoms with Gasteiger partial charge in [-0.05, 0) is 12.1 Å². The van der Waals surface area contributed by atoms with E-state index in [4.69, 9.17) is 0 Å². The highest BCUT2D eigenvalue weighted by Crippen LogP contribution is 2.12. The number of likely N-dealkylation sites (N-methyl/N-ethyl adjacent to an activating group) is 1. The van der Waals surface area contributed by atoms with Crippen LogP contribution in [0.4, 0.5) is 5.69 Å². The number of fused-ring (bicyclic) bond motifs is 1. The van der Waals surface area contributed by atoms with Crippen molar-refractivity contribution < 1.29 is 9.90 Å². The van der Waals surface area contributed by atoms with Crippen molar-refractivity contribution in [1.82, 2.24) is 8.97 Å². The highest BCUT2D eigenvalue weighted by atomic mass is 16.3. The molecule has 1 aromatic carbocycles. The average Bonchev–Trinajstić information content (AvgIpc) is 2.60. The number of carbonyl (C=O) groups excluding carboxylic acids is 1. The fourth-order valence-corrected chi connectivity index (χ4v) is 2.40. The summed E-state index contributed by atoms with van der Waals surface area (Å²) in [5, 5.41) is 9.84. The van der Waals surface area contributed by atoms with Crippen LogP contribution in [-0.4, -0.2) is 27.0 Å². The Balaban J connectivity index is 1.97. The molecule has 122 valence electrons. The summed E-state index contributed by atoms with van der Waals surface area (Å²) in [6.45, 7) is -0.205. The third-order valence-electron chi connectivity index (χ3n) is 3.80. The summed E-state index contributed by atoms with van der Waals surface area (Å²) in [5.41, 5.74) is -0.698. The minimum atomic E-state index is -0.641. The maximum atomic E-state index is 12.5. The molecule has 0 aliphatic carbocycles. The molecule has 0 spiro atoms. The first-order valence-electron chi connectivity index (χ1n) is 7.24. The van der Waals surface area contributed by atoms with Crippen LogP contribution >= 0.6 is 0 Å². The number of pyridine rings is 1. The standard InChI is InChI=1S/C17H15N3O4/c1-18(12-5-3-2-4-6-12)14(22)11-20-10-9-19-8-7-13(21)16(23)15(19)17(20)24/h2-10,23H,11H2,1H3. The van der Waals surface area contributed by atoms with Crippen LogP contribution in [0.2, 0.25) is 0 Å². The number of aromatic hydroxyl groups is 1. The maximum absolute atomic E-state index is 12.5. The van der Waals surface area contributed by atoms with Gasteiger partial charge in [0.25, 0.3) is 5.56 Å². The molecule has 0 aliphatic rings. The van der Waals surface area contributed by atoms with E-state index in [1.165, 1.54) is 34.0 Å². The van der Waals surface area contributed by atoms with Gasteiger partial charge < -0.3 is 19.0 Å². The molecule has 0 aliphatic heterocycles. The van der Waals surface area contributed by atoms with Crippen LogP contribution in [0.15, 0.2) is 64.6 Å². The van der Waals surface area contributed by atoms with E-state index in [-0.39, 0.29) is 18.0 Å². The number of para-hydroxylation sites is 1. The van der Waals surface area contributed by atoms with E-state index in [9.17, 15) is 19.5 Å². The number of hydrogen-bond acceptors (Lipinski definition) is 4. The van der Waals surface area contributed by atoms with Crippen LogP contribution in [0.1, 0.15) is 0 Å². The third-order valence-corrected chi connectivity index (χ3v) is 3.80. The number of amides is 1. The molecule has 1 N–H and O–H groups in total. The Morgan fingerprint density at radius 1 is 1.08 bits per heavy atom. The number of carbonyl (C=O) groups is 1. The van der Waals surface area contributed by atoms with E-state index in [1.807, 2.05) is 18.2 Å². The van der Waals surface area contributed by atoms with E-state index < -0.39 is 16.7 Å². The zero-order valence-electron chi connectivity index (χ0n) is 12.9. The van der Waals surface area contributed by atoms with Crippen molar-refractivity contribution in [3.8, 4) is 5.75 Å². The lowest BCUT2D eigenvalue weighted by Crippen LogP contribution is -2.34. The average molecular weight is 325 g/mol. The summed E-state index contributed by atoms with van der Waals surface area (Å²) in [7, 11) is 1.62. The zero-order chi connectivity index (χ0) is 17.3. The highest BCUT2D eigenvalue weighted by Gasteiger charge is 2.15. The Kier molecular flexibility index (Phi) is 3.91. The number of rotatable bonds is 3. The van der Waals surface area contributed by atoms with Crippen LogP contribution < -0.4 is 15.9 Å². The molecule has 3 aromatic rings. The van der Waals surface area contributed by atoms with Gasteiger partial charge in [0.2, 0.25) is 11.3 Å². The Labute approximate surface area is 136 Å². The number of anilines is 1. The summed E-state index contributed by atoms with van der Waals surface area (Å²) < 4.78 is 2.51. The number of aromatic nitrogens is 2. The second kappa shape index (κ2) is 6.04. The van der Waals surface area contributed by atoms with Crippen LogP contribution in [0, 0.1) is 0 Å². The molecule has 3 rings (SSSR count). The largest absolute Gasteiger partial charge is 0.503 e. The van der Waals surface area contributed by atoms with Crippen molar-refractivity contribution >= 4 is 17.1 Å². The first-order chi connectivity index (χ1) is 11.5. The predicted molar refractivity (Wildman–Crippen MR) is 89.4 cm³/mol. The first-order valence-corrected chi connectivity index (χ1v) is 7.24. The first kappa shape index (κ1) is 15.5. The molecule has 1 amide bonds. The van der Waals surface area contributed by atoms with Gasteiger partial charge in [-0.2, -0.15) is 0 Å². The molecule has 2 heterocycles. The topological polar surface area (TPSA) is 84.0 Å². The molecule has 24 heavy (non-hydrogen) atoms. The summed E-state index contributed by atoms with van der Waals surface area (Å²) in [6, 6.07) is 10.2. The van der Waals surface area contributed by atoms with Crippen molar-refractivity contribution in [2.75, 3.05) is 11.9 Å². The van der Waals surface area contributed by atoms with E-state index in [0.29, 0.717) is 5.69 Å². The molecule has 0 unspecified atom stereocenters. The van der Waals surface area contributed by atoms with Crippen molar-refractivity contribution in [3.63, 3.8) is 0 Å².